The molecule has 2 amide bonds. The lowest BCUT2D eigenvalue weighted by atomic mass is 10.2. The molecule has 0 heterocycles. The molecule has 0 aromatic heterocycles. The van der Waals surface area contributed by atoms with E-state index >= 15 is 0 Å². The molecule has 0 atom stereocenters. The van der Waals surface area contributed by atoms with Crippen LogP contribution in [0.1, 0.15) is 15.9 Å². The van der Waals surface area contributed by atoms with Crippen molar-refractivity contribution < 1.29 is 14.0 Å². The van der Waals surface area contributed by atoms with Crippen LogP contribution in [-0.2, 0) is 10.5 Å². The second kappa shape index (κ2) is 10.1. The summed E-state index contributed by atoms with van der Waals surface area (Å²) in [5.74, 6) is 0.299. The van der Waals surface area contributed by atoms with Crippen LogP contribution >= 0.6 is 23.4 Å². The number of carbonyl (C=O) groups excluding carboxylic acids is 2. The van der Waals surface area contributed by atoms with Gasteiger partial charge in [0.25, 0.3) is 5.91 Å². The van der Waals surface area contributed by atoms with Crippen molar-refractivity contribution in [2.45, 2.75) is 5.75 Å². The smallest absolute Gasteiger partial charge is 0.253 e. The molecule has 2 rings (SSSR count). The first-order valence-electron chi connectivity index (χ1n) is 7.68. The zero-order valence-electron chi connectivity index (χ0n) is 13.4. The molecule has 132 valence electrons. The van der Waals surface area contributed by atoms with Gasteiger partial charge < -0.3 is 10.6 Å². The third kappa shape index (κ3) is 6.40. The van der Waals surface area contributed by atoms with Crippen molar-refractivity contribution in [2.75, 3.05) is 18.8 Å². The minimum absolute atomic E-state index is 0.123. The van der Waals surface area contributed by atoms with E-state index in [9.17, 15) is 14.0 Å². The molecule has 0 radical (unpaired) electrons. The Bertz CT molecular complexity index is 743. The molecule has 7 heteroatoms. The molecule has 0 fully saturated rings. The number of carbonyl (C=O) groups is 2. The standard InChI is InChI=1S/C18H18ClFN2O2S/c19-15-7-3-2-6-14(15)18(24)22-11-17(23)21-9-10-25-12-13-5-1-4-8-16(13)20/h1-8H,9-12H2,(H,21,23)(H,22,24). The Balaban J connectivity index is 1.62. The van der Waals surface area contributed by atoms with Gasteiger partial charge in [-0.1, -0.05) is 41.9 Å². The Morgan fingerprint density at radius 2 is 1.76 bits per heavy atom. The first kappa shape index (κ1) is 19.3. The van der Waals surface area contributed by atoms with Crippen LogP contribution in [0.4, 0.5) is 4.39 Å². The first-order valence-corrected chi connectivity index (χ1v) is 9.22. The average Bonchev–Trinajstić information content (AvgIpc) is 2.61. The third-order valence-electron chi connectivity index (χ3n) is 3.31. The number of amides is 2. The van der Waals surface area contributed by atoms with E-state index in [2.05, 4.69) is 10.6 Å². The predicted molar refractivity (Wildman–Crippen MR) is 99.4 cm³/mol. The van der Waals surface area contributed by atoms with Crippen LogP contribution in [0.25, 0.3) is 0 Å². The van der Waals surface area contributed by atoms with Gasteiger partial charge in [-0.15, -0.1) is 0 Å². The number of nitrogens with one attached hydrogen (secondary N) is 2. The zero-order valence-corrected chi connectivity index (χ0v) is 15.0. The minimum Gasteiger partial charge on any atom is -0.354 e. The number of benzene rings is 2. The Hall–Kier alpha value is -2.05. The SMILES string of the molecule is O=C(CNC(=O)c1ccccc1Cl)NCCSCc1ccccc1F. The van der Waals surface area contributed by atoms with Crippen LogP contribution < -0.4 is 10.6 Å². The van der Waals surface area contributed by atoms with Gasteiger partial charge in [0.05, 0.1) is 17.1 Å². The molecule has 0 aliphatic carbocycles. The molecule has 2 aromatic carbocycles. The van der Waals surface area contributed by atoms with E-state index in [1.54, 1.807) is 42.5 Å². The fourth-order valence-electron chi connectivity index (χ4n) is 2.02. The fraction of sp³-hybridized carbons (Fsp3) is 0.222. The number of rotatable bonds is 8. The molecule has 0 aliphatic heterocycles. The molecule has 0 aliphatic rings. The normalized spacial score (nSPS) is 10.3. The van der Waals surface area contributed by atoms with Crippen LogP contribution in [0.15, 0.2) is 48.5 Å². The van der Waals surface area contributed by atoms with E-state index in [0.717, 1.165) is 0 Å². The topological polar surface area (TPSA) is 58.2 Å². The summed E-state index contributed by atoms with van der Waals surface area (Å²) in [6.45, 7) is 0.321. The Kier molecular flexibility index (Phi) is 7.76. The van der Waals surface area contributed by atoms with Crippen molar-refractivity contribution in [3.63, 3.8) is 0 Å². The van der Waals surface area contributed by atoms with E-state index in [1.165, 1.54) is 17.8 Å². The van der Waals surface area contributed by atoms with Crippen molar-refractivity contribution in [3.05, 3.63) is 70.5 Å². The van der Waals surface area contributed by atoms with Crippen molar-refractivity contribution in [1.29, 1.82) is 0 Å². The summed E-state index contributed by atoms with van der Waals surface area (Å²) in [5, 5.41) is 5.56. The van der Waals surface area contributed by atoms with Crippen LogP contribution in [-0.4, -0.2) is 30.7 Å². The summed E-state index contributed by atoms with van der Waals surface area (Å²) in [7, 11) is 0. The summed E-state index contributed by atoms with van der Waals surface area (Å²) >= 11 is 7.45. The van der Waals surface area contributed by atoms with Crippen molar-refractivity contribution in [3.8, 4) is 0 Å². The number of hydrogen-bond donors (Lipinski definition) is 2. The molecule has 25 heavy (non-hydrogen) atoms. The highest BCUT2D eigenvalue weighted by atomic mass is 35.5. The van der Waals surface area contributed by atoms with Gasteiger partial charge in [0, 0.05) is 18.1 Å². The van der Waals surface area contributed by atoms with Crippen molar-refractivity contribution in [1.82, 2.24) is 10.6 Å². The second-order valence-corrected chi connectivity index (χ2v) is 6.67. The van der Waals surface area contributed by atoms with E-state index < -0.39 is 5.91 Å². The minimum atomic E-state index is -0.394. The molecule has 0 bridgehead atoms. The number of thioether (sulfide) groups is 1. The Morgan fingerprint density at radius 1 is 1.04 bits per heavy atom. The van der Waals surface area contributed by atoms with Gasteiger partial charge >= 0.3 is 0 Å². The summed E-state index contributed by atoms with van der Waals surface area (Å²) in [6, 6.07) is 13.3. The maximum absolute atomic E-state index is 13.4. The van der Waals surface area contributed by atoms with Gasteiger partial charge in [-0.3, -0.25) is 9.59 Å². The fourth-order valence-corrected chi connectivity index (χ4v) is 3.09. The van der Waals surface area contributed by atoms with Crippen molar-refractivity contribution >= 4 is 35.2 Å². The van der Waals surface area contributed by atoms with Gasteiger partial charge in [0.2, 0.25) is 5.91 Å². The average molecular weight is 381 g/mol. The summed E-state index contributed by atoms with van der Waals surface area (Å²) < 4.78 is 13.4. The van der Waals surface area contributed by atoms with Gasteiger partial charge in [-0.2, -0.15) is 11.8 Å². The molecule has 0 unspecified atom stereocenters. The largest absolute Gasteiger partial charge is 0.354 e. The maximum Gasteiger partial charge on any atom is 0.253 e. The maximum atomic E-state index is 13.4. The van der Waals surface area contributed by atoms with Gasteiger partial charge in [0.1, 0.15) is 5.82 Å². The highest BCUT2D eigenvalue weighted by Gasteiger charge is 2.10. The number of hydrogen-bond acceptors (Lipinski definition) is 3. The van der Waals surface area contributed by atoms with E-state index in [0.29, 0.717) is 34.2 Å². The lowest BCUT2D eigenvalue weighted by molar-refractivity contribution is -0.120. The molecule has 0 saturated heterocycles. The highest BCUT2D eigenvalue weighted by molar-refractivity contribution is 7.98. The second-order valence-electron chi connectivity index (χ2n) is 5.16. The number of halogens is 2. The Labute approximate surface area is 155 Å². The van der Waals surface area contributed by atoms with Gasteiger partial charge in [0.15, 0.2) is 0 Å². The van der Waals surface area contributed by atoms with Crippen molar-refractivity contribution in [2.24, 2.45) is 0 Å². The monoisotopic (exact) mass is 380 g/mol. The van der Waals surface area contributed by atoms with Crippen LogP contribution in [0.3, 0.4) is 0 Å². The first-order chi connectivity index (χ1) is 12.1. The lowest BCUT2D eigenvalue weighted by Crippen LogP contribution is -2.37. The van der Waals surface area contributed by atoms with E-state index in [1.807, 2.05) is 0 Å². The molecule has 4 nitrogen and oxygen atoms in total. The summed E-state index contributed by atoms with van der Waals surface area (Å²) in [6.07, 6.45) is 0. The molecule has 0 spiro atoms. The predicted octanol–water partition coefficient (Wildman–Crippen LogP) is 3.26. The van der Waals surface area contributed by atoms with Gasteiger partial charge in [-0.25, -0.2) is 4.39 Å². The third-order valence-corrected chi connectivity index (χ3v) is 4.65. The van der Waals surface area contributed by atoms with Crippen LogP contribution in [0.2, 0.25) is 5.02 Å². The molecule has 2 aromatic rings. The van der Waals surface area contributed by atoms with Crippen LogP contribution in [0.5, 0.6) is 0 Å². The molecule has 0 saturated carbocycles. The zero-order chi connectivity index (χ0) is 18.1. The Morgan fingerprint density at radius 3 is 2.52 bits per heavy atom. The molecular formula is C18H18ClFN2O2S. The quantitative estimate of drug-likeness (QED) is 0.691. The van der Waals surface area contributed by atoms with Crippen LogP contribution in [0, 0.1) is 5.82 Å². The molecule has 2 N–H and O–H groups in total. The highest BCUT2D eigenvalue weighted by Crippen LogP contribution is 2.15. The summed E-state index contributed by atoms with van der Waals surface area (Å²) in [5.41, 5.74) is 0.975. The lowest BCUT2D eigenvalue weighted by Gasteiger charge is -2.08. The summed E-state index contributed by atoms with van der Waals surface area (Å²) in [4.78, 5) is 23.6. The molecular weight excluding hydrogens is 363 g/mol. The van der Waals surface area contributed by atoms with E-state index in [4.69, 9.17) is 11.6 Å². The van der Waals surface area contributed by atoms with Gasteiger partial charge in [-0.05, 0) is 23.8 Å². The van der Waals surface area contributed by atoms with E-state index in [-0.39, 0.29) is 18.3 Å².